The number of nitrogens with one attached hydrogen (secondary N) is 1. The molecule has 1 amide bonds. The molecular weight excluding hydrogens is 310 g/mol. The molecule has 2 atom stereocenters. The summed E-state index contributed by atoms with van der Waals surface area (Å²) in [7, 11) is 0. The second-order valence-electron chi connectivity index (χ2n) is 5.86. The van der Waals surface area contributed by atoms with Crippen molar-refractivity contribution in [2.24, 2.45) is 0 Å². The molecule has 0 aromatic heterocycles. The van der Waals surface area contributed by atoms with E-state index in [4.69, 9.17) is 9.47 Å². The van der Waals surface area contributed by atoms with Gasteiger partial charge in [-0.1, -0.05) is 30.3 Å². The van der Waals surface area contributed by atoms with Crippen molar-refractivity contribution in [3.8, 4) is 0 Å². The average molecular weight is 329 g/mol. The van der Waals surface area contributed by atoms with E-state index in [9.17, 15) is 9.90 Å². The van der Waals surface area contributed by atoms with Gasteiger partial charge in [-0.05, 0) is 11.6 Å². The highest BCUT2D eigenvalue weighted by Gasteiger charge is 2.41. The number of nitrogens with zero attached hydrogens (tertiary/aromatic N) is 2. The summed E-state index contributed by atoms with van der Waals surface area (Å²) in [6.07, 6.45) is 2.09. The van der Waals surface area contributed by atoms with Gasteiger partial charge >= 0.3 is 0 Å². The molecule has 2 saturated heterocycles. The fourth-order valence-electron chi connectivity index (χ4n) is 3.04. The largest absolute Gasteiger partial charge is 0.488 e. The van der Waals surface area contributed by atoms with Crippen LogP contribution >= 0.6 is 0 Å². The number of carbonyl (C=O) groups excluding carboxylic acids is 1. The van der Waals surface area contributed by atoms with Crippen LogP contribution in [0.2, 0.25) is 0 Å². The summed E-state index contributed by atoms with van der Waals surface area (Å²) in [5.41, 5.74) is 4.52. The summed E-state index contributed by atoms with van der Waals surface area (Å²) in [5.74, 6) is 0.109. The summed E-state index contributed by atoms with van der Waals surface area (Å²) in [4.78, 5) is 14.6. The lowest BCUT2D eigenvalue weighted by molar-refractivity contribution is -0.148. The zero-order chi connectivity index (χ0) is 16.5. The average Bonchev–Trinajstić information content (AvgIpc) is 2.62. The van der Waals surface area contributed by atoms with Gasteiger partial charge in [-0.3, -0.25) is 9.80 Å². The Balaban J connectivity index is 1.61. The molecule has 2 unspecified atom stereocenters. The first kappa shape index (κ1) is 15.2. The van der Waals surface area contributed by atoms with E-state index in [0.717, 1.165) is 5.56 Å². The zero-order valence-corrected chi connectivity index (χ0v) is 13.1. The summed E-state index contributed by atoms with van der Waals surface area (Å²) < 4.78 is 11.2. The van der Waals surface area contributed by atoms with Gasteiger partial charge in [-0.2, -0.15) is 0 Å². The number of ether oxygens (including phenoxy) is 2. The van der Waals surface area contributed by atoms with Crippen LogP contribution in [0.4, 0.5) is 0 Å². The van der Waals surface area contributed by atoms with E-state index in [1.807, 2.05) is 30.3 Å². The van der Waals surface area contributed by atoms with Crippen molar-refractivity contribution < 1.29 is 19.4 Å². The van der Waals surface area contributed by atoms with Gasteiger partial charge in [-0.15, -0.1) is 0 Å². The molecule has 1 aromatic rings. The lowest BCUT2D eigenvalue weighted by Crippen LogP contribution is -2.65. The molecule has 2 N–H and O–H groups in total. The number of amides is 1. The third-order valence-electron chi connectivity index (χ3n) is 4.28. The minimum absolute atomic E-state index is 0.159. The number of benzene rings is 1. The Bertz CT molecular complexity index is 688. The third kappa shape index (κ3) is 2.66. The molecule has 0 spiro atoms. The van der Waals surface area contributed by atoms with Gasteiger partial charge in [-0.25, -0.2) is 5.43 Å². The fraction of sp³-hybridized carbons (Fsp3) is 0.353. The van der Waals surface area contributed by atoms with Crippen LogP contribution < -0.4 is 5.43 Å². The smallest absolute Gasteiger partial charge is 0.277 e. The van der Waals surface area contributed by atoms with Crippen LogP contribution in [-0.2, 0) is 20.9 Å². The Morgan fingerprint density at radius 1 is 1.33 bits per heavy atom. The van der Waals surface area contributed by atoms with Gasteiger partial charge in [0.05, 0.1) is 13.2 Å². The number of morpholine rings is 1. The third-order valence-corrected chi connectivity index (χ3v) is 4.28. The fourth-order valence-corrected chi connectivity index (χ4v) is 3.04. The van der Waals surface area contributed by atoms with E-state index < -0.39 is 6.10 Å². The summed E-state index contributed by atoms with van der Waals surface area (Å²) >= 11 is 0. The molecule has 7 nitrogen and oxygen atoms in total. The van der Waals surface area contributed by atoms with E-state index in [2.05, 4.69) is 5.43 Å². The zero-order valence-electron chi connectivity index (χ0n) is 13.1. The van der Waals surface area contributed by atoms with Crippen molar-refractivity contribution in [1.82, 2.24) is 15.3 Å². The first-order chi connectivity index (χ1) is 11.7. The molecule has 3 aliphatic rings. The molecule has 7 heteroatoms. The number of rotatable bonds is 3. The highest BCUT2D eigenvalue weighted by molar-refractivity contribution is 5.95. The van der Waals surface area contributed by atoms with E-state index in [1.165, 1.54) is 0 Å². The standard InChI is InChI=1S/C17H19N3O4/c21-13-6-7-20-15(16(13)24-10-12-4-2-1-3-5-12)17(22)19-8-9-23-11-14(19)18-20/h1-7,13-14,18,21H,8-11H2. The Morgan fingerprint density at radius 3 is 3.00 bits per heavy atom. The van der Waals surface area contributed by atoms with Gasteiger partial charge in [0.15, 0.2) is 11.5 Å². The predicted molar refractivity (Wildman–Crippen MR) is 84.7 cm³/mol. The predicted octanol–water partition coefficient (Wildman–Crippen LogP) is 0.308. The van der Waals surface area contributed by atoms with E-state index in [-0.39, 0.29) is 24.4 Å². The van der Waals surface area contributed by atoms with Crippen LogP contribution in [0.3, 0.4) is 0 Å². The Morgan fingerprint density at radius 2 is 2.17 bits per heavy atom. The molecule has 24 heavy (non-hydrogen) atoms. The van der Waals surface area contributed by atoms with Crippen LogP contribution in [0.25, 0.3) is 0 Å². The molecule has 1 aromatic carbocycles. The van der Waals surface area contributed by atoms with Crippen molar-refractivity contribution >= 4 is 5.91 Å². The molecule has 0 saturated carbocycles. The van der Waals surface area contributed by atoms with Crippen LogP contribution in [0, 0.1) is 0 Å². The molecule has 0 bridgehead atoms. The number of carbonyl (C=O) groups is 1. The maximum atomic E-state index is 12.9. The summed E-state index contributed by atoms with van der Waals surface area (Å²) in [6.45, 7) is 1.75. The summed E-state index contributed by atoms with van der Waals surface area (Å²) in [6, 6.07) is 9.65. The first-order valence-corrected chi connectivity index (χ1v) is 7.95. The highest BCUT2D eigenvalue weighted by Crippen LogP contribution is 2.28. The molecule has 3 aliphatic heterocycles. The monoisotopic (exact) mass is 329 g/mol. The molecule has 3 heterocycles. The molecule has 126 valence electrons. The van der Waals surface area contributed by atoms with Gasteiger partial charge in [0.25, 0.3) is 5.91 Å². The highest BCUT2D eigenvalue weighted by atomic mass is 16.5. The van der Waals surface area contributed by atoms with Crippen molar-refractivity contribution in [3.63, 3.8) is 0 Å². The van der Waals surface area contributed by atoms with Crippen LogP contribution in [0.5, 0.6) is 0 Å². The van der Waals surface area contributed by atoms with Crippen molar-refractivity contribution in [1.29, 1.82) is 0 Å². The van der Waals surface area contributed by atoms with E-state index in [1.54, 1.807) is 22.2 Å². The number of hydrazine groups is 1. The maximum Gasteiger partial charge on any atom is 0.277 e. The van der Waals surface area contributed by atoms with Crippen molar-refractivity contribution in [2.45, 2.75) is 18.9 Å². The van der Waals surface area contributed by atoms with Gasteiger partial charge in [0.2, 0.25) is 0 Å². The first-order valence-electron chi connectivity index (χ1n) is 7.95. The van der Waals surface area contributed by atoms with E-state index >= 15 is 0 Å². The Hall–Kier alpha value is -2.35. The molecule has 4 rings (SSSR count). The normalized spacial score (nSPS) is 26.3. The number of hydrogen-bond acceptors (Lipinski definition) is 6. The quantitative estimate of drug-likeness (QED) is 0.831. The topological polar surface area (TPSA) is 74.3 Å². The van der Waals surface area contributed by atoms with Crippen LogP contribution in [-0.4, -0.2) is 53.0 Å². The van der Waals surface area contributed by atoms with Crippen LogP contribution in [0.15, 0.2) is 54.1 Å². The summed E-state index contributed by atoms with van der Waals surface area (Å²) in [5, 5.41) is 11.9. The van der Waals surface area contributed by atoms with Gasteiger partial charge in [0, 0.05) is 12.7 Å². The van der Waals surface area contributed by atoms with Gasteiger partial charge in [0.1, 0.15) is 18.9 Å². The number of aliphatic hydroxyl groups excluding tert-OH is 1. The maximum absolute atomic E-state index is 12.9. The lowest BCUT2D eigenvalue weighted by atomic mass is 10.1. The van der Waals surface area contributed by atoms with Crippen molar-refractivity contribution in [2.75, 3.05) is 19.8 Å². The number of hydrogen-bond donors (Lipinski definition) is 2. The Kier molecular flexibility index (Phi) is 3.97. The lowest BCUT2D eigenvalue weighted by Gasteiger charge is -2.46. The van der Waals surface area contributed by atoms with Gasteiger partial charge < -0.3 is 19.5 Å². The van der Waals surface area contributed by atoms with Crippen molar-refractivity contribution in [3.05, 3.63) is 59.6 Å². The number of aliphatic hydroxyl groups is 1. The molecular formula is C17H19N3O4. The Labute approximate surface area is 139 Å². The minimum atomic E-state index is -0.941. The SMILES string of the molecule is O=C1C2=C(OCc3ccccc3)C(O)C=CN2NC2COCCN12. The number of fused-ring (bicyclic) bond motifs is 2. The van der Waals surface area contributed by atoms with Crippen LogP contribution in [0.1, 0.15) is 5.56 Å². The van der Waals surface area contributed by atoms with E-state index in [0.29, 0.717) is 25.5 Å². The molecule has 0 radical (unpaired) electrons. The minimum Gasteiger partial charge on any atom is -0.488 e. The molecule has 2 fully saturated rings. The second-order valence-corrected chi connectivity index (χ2v) is 5.86. The molecule has 0 aliphatic carbocycles. The second kappa shape index (κ2) is 6.27.